The van der Waals surface area contributed by atoms with Crippen molar-refractivity contribution < 1.29 is 34.4 Å². The number of aliphatic hydroxyl groups excluding tert-OH is 3. The summed E-state index contributed by atoms with van der Waals surface area (Å²) in [6, 6.07) is -1.13. The monoisotopic (exact) mass is 728 g/mol. The van der Waals surface area contributed by atoms with Gasteiger partial charge in [-0.25, -0.2) is 4.79 Å². The normalized spacial score (nSPS) is 20.4. The zero-order valence-electron chi connectivity index (χ0n) is 33.0. The van der Waals surface area contributed by atoms with Gasteiger partial charge in [0, 0.05) is 6.54 Å². The van der Waals surface area contributed by atoms with Crippen molar-refractivity contribution in [2.24, 2.45) is 5.73 Å². The maximum atomic E-state index is 13.5. The molecule has 0 radical (unpaired) electrons. The van der Waals surface area contributed by atoms with E-state index in [1.54, 1.807) is 0 Å². The molecule has 302 valence electrons. The molecule has 2 amide bonds. The summed E-state index contributed by atoms with van der Waals surface area (Å²) in [5.41, 5.74) is 5.52. The first-order valence-electron chi connectivity index (χ1n) is 21.5. The predicted molar refractivity (Wildman–Crippen MR) is 207 cm³/mol. The van der Waals surface area contributed by atoms with Crippen molar-refractivity contribution in [2.45, 2.75) is 224 Å². The van der Waals surface area contributed by atoms with Crippen LogP contribution in [0, 0.1) is 0 Å². The summed E-state index contributed by atoms with van der Waals surface area (Å²) in [6.07, 6.45) is 28.7. The van der Waals surface area contributed by atoms with Crippen LogP contribution in [-0.2, 0) is 14.3 Å². The molecule has 6 N–H and O–H groups in total. The number of ether oxygens (including phenoxy) is 2. The standard InChI is InChI=1S/C41H81N3O7/c1-3-5-7-9-11-13-15-17-18-19-20-22-24-26-28-30-32-50-41(49)44(31-29-27-25-23-21-16-14-12-10-8-6-4-2)40-37(43-36(46)33-42)39(48)38(47)35(34-45)51-40/h35,37-40,45,47-48H,3-34,42H2,1-2H3,(H,43,46)/t35-,37-,38+,39-,40-/m1/s1. The summed E-state index contributed by atoms with van der Waals surface area (Å²) >= 11 is 0. The average Bonchev–Trinajstić information content (AvgIpc) is 3.13. The van der Waals surface area contributed by atoms with Gasteiger partial charge in [0.15, 0.2) is 6.23 Å². The molecule has 0 aromatic carbocycles. The van der Waals surface area contributed by atoms with Gasteiger partial charge < -0.3 is 35.8 Å². The van der Waals surface area contributed by atoms with E-state index in [1.165, 1.54) is 140 Å². The quantitative estimate of drug-likeness (QED) is 0.0415. The molecule has 0 aliphatic carbocycles. The third-order valence-corrected chi connectivity index (χ3v) is 10.4. The Hall–Kier alpha value is -1.46. The van der Waals surface area contributed by atoms with Crippen molar-refractivity contribution in [3.63, 3.8) is 0 Å². The zero-order valence-corrected chi connectivity index (χ0v) is 33.0. The molecule has 0 spiro atoms. The molecular weight excluding hydrogens is 646 g/mol. The minimum atomic E-state index is -1.46. The highest BCUT2D eigenvalue weighted by Gasteiger charge is 2.48. The van der Waals surface area contributed by atoms with E-state index in [1.807, 2.05) is 0 Å². The Kier molecular flexibility index (Phi) is 30.9. The molecule has 10 nitrogen and oxygen atoms in total. The predicted octanol–water partition coefficient (Wildman–Crippen LogP) is 8.27. The molecule has 1 fully saturated rings. The van der Waals surface area contributed by atoms with E-state index in [9.17, 15) is 24.9 Å². The van der Waals surface area contributed by atoms with Crippen molar-refractivity contribution in [2.75, 3.05) is 26.3 Å². The van der Waals surface area contributed by atoms with E-state index in [2.05, 4.69) is 19.2 Å². The third kappa shape index (κ3) is 23.0. The van der Waals surface area contributed by atoms with Crippen LogP contribution in [0.3, 0.4) is 0 Å². The van der Waals surface area contributed by atoms with Crippen LogP contribution in [0.15, 0.2) is 0 Å². The number of nitrogens with zero attached hydrogens (tertiary/aromatic N) is 1. The molecule has 0 unspecified atom stereocenters. The fourth-order valence-corrected chi connectivity index (χ4v) is 7.10. The van der Waals surface area contributed by atoms with Gasteiger partial charge in [0.2, 0.25) is 5.91 Å². The number of amides is 2. The molecule has 1 aliphatic rings. The lowest BCUT2D eigenvalue weighted by Crippen LogP contribution is -2.69. The van der Waals surface area contributed by atoms with Crippen molar-refractivity contribution in [3.8, 4) is 0 Å². The van der Waals surface area contributed by atoms with Crippen LogP contribution in [0.1, 0.15) is 194 Å². The average molecular weight is 728 g/mol. The molecule has 1 heterocycles. The summed E-state index contributed by atoms with van der Waals surface area (Å²) in [4.78, 5) is 27.2. The lowest BCUT2D eigenvalue weighted by Gasteiger charge is -2.46. The summed E-state index contributed by atoms with van der Waals surface area (Å²) in [7, 11) is 0. The summed E-state index contributed by atoms with van der Waals surface area (Å²) in [6.45, 7) is 4.21. The highest BCUT2D eigenvalue weighted by atomic mass is 16.6. The Bertz CT molecular complexity index is 820. The Morgan fingerprint density at radius 1 is 0.627 bits per heavy atom. The molecule has 1 rings (SSSR count). The Labute approximate surface area is 312 Å². The van der Waals surface area contributed by atoms with E-state index >= 15 is 0 Å². The molecule has 5 atom stereocenters. The van der Waals surface area contributed by atoms with E-state index < -0.39 is 49.2 Å². The largest absolute Gasteiger partial charge is 0.449 e. The molecular formula is C41H81N3O7. The van der Waals surface area contributed by atoms with E-state index in [-0.39, 0.29) is 13.2 Å². The smallest absolute Gasteiger partial charge is 0.411 e. The van der Waals surface area contributed by atoms with Gasteiger partial charge >= 0.3 is 6.09 Å². The third-order valence-electron chi connectivity index (χ3n) is 10.4. The maximum Gasteiger partial charge on any atom is 0.411 e. The Balaban J connectivity index is 2.49. The second kappa shape index (κ2) is 33.1. The minimum absolute atomic E-state index is 0.271. The number of nitrogens with two attached hydrogens (primary N) is 1. The highest BCUT2D eigenvalue weighted by molar-refractivity contribution is 5.78. The maximum absolute atomic E-state index is 13.5. The van der Waals surface area contributed by atoms with Crippen molar-refractivity contribution in [1.82, 2.24) is 10.2 Å². The number of carbonyl (C=O) groups excluding carboxylic acids is 2. The number of aliphatic hydroxyl groups is 3. The molecule has 1 aliphatic heterocycles. The van der Waals surface area contributed by atoms with Gasteiger partial charge in [-0.05, 0) is 12.8 Å². The lowest BCUT2D eigenvalue weighted by molar-refractivity contribution is -0.226. The Morgan fingerprint density at radius 2 is 1.02 bits per heavy atom. The second-order valence-electron chi connectivity index (χ2n) is 15.0. The van der Waals surface area contributed by atoms with Gasteiger partial charge in [-0.3, -0.25) is 9.69 Å². The van der Waals surface area contributed by atoms with Gasteiger partial charge in [0.25, 0.3) is 0 Å². The van der Waals surface area contributed by atoms with Crippen LogP contribution in [0.25, 0.3) is 0 Å². The molecule has 0 bridgehead atoms. The van der Waals surface area contributed by atoms with Crippen LogP contribution < -0.4 is 11.1 Å². The van der Waals surface area contributed by atoms with Gasteiger partial charge in [-0.1, -0.05) is 181 Å². The molecule has 51 heavy (non-hydrogen) atoms. The van der Waals surface area contributed by atoms with Crippen molar-refractivity contribution in [3.05, 3.63) is 0 Å². The lowest BCUT2D eigenvalue weighted by atomic mass is 9.95. The van der Waals surface area contributed by atoms with Crippen LogP contribution >= 0.6 is 0 Å². The van der Waals surface area contributed by atoms with E-state index in [0.717, 1.165) is 38.5 Å². The van der Waals surface area contributed by atoms with Crippen LogP contribution in [0.4, 0.5) is 4.79 Å². The van der Waals surface area contributed by atoms with Gasteiger partial charge in [-0.15, -0.1) is 0 Å². The molecule has 10 heteroatoms. The van der Waals surface area contributed by atoms with Crippen molar-refractivity contribution in [1.29, 1.82) is 0 Å². The number of hydrogen-bond donors (Lipinski definition) is 5. The first kappa shape index (κ1) is 47.6. The van der Waals surface area contributed by atoms with E-state index in [0.29, 0.717) is 13.0 Å². The zero-order chi connectivity index (χ0) is 37.4. The van der Waals surface area contributed by atoms with Crippen LogP contribution in [0.5, 0.6) is 0 Å². The first-order chi connectivity index (χ1) is 24.9. The summed E-state index contributed by atoms with van der Waals surface area (Å²) in [5, 5.41) is 33.9. The molecule has 1 saturated heterocycles. The fourth-order valence-electron chi connectivity index (χ4n) is 7.10. The van der Waals surface area contributed by atoms with Crippen molar-refractivity contribution >= 4 is 12.0 Å². The van der Waals surface area contributed by atoms with Crippen LogP contribution in [-0.4, -0.2) is 89.1 Å². The molecule has 0 saturated carbocycles. The topological polar surface area (TPSA) is 155 Å². The van der Waals surface area contributed by atoms with E-state index in [4.69, 9.17) is 15.2 Å². The van der Waals surface area contributed by atoms with Crippen LogP contribution in [0.2, 0.25) is 0 Å². The SMILES string of the molecule is CCCCCCCCCCCCCCCCCCOC(=O)N(CCCCCCCCCCCCCC)[C@@H]1O[C@H](CO)[C@H](O)[C@H](O)[C@H]1NC(=O)CN. The number of carbonyl (C=O) groups is 2. The highest BCUT2D eigenvalue weighted by Crippen LogP contribution is 2.25. The summed E-state index contributed by atoms with van der Waals surface area (Å²) < 4.78 is 11.7. The van der Waals surface area contributed by atoms with Gasteiger partial charge in [-0.2, -0.15) is 0 Å². The molecule has 0 aromatic heterocycles. The number of nitrogens with one attached hydrogen (secondary N) is 1. The second-order valence-corrected chi connectivity index (χ2v) is 15.0. The Morgan fingerprint density at radius 3 is 1.41 bits per heavy atom. The summed E-state index contributed by atoms with van der Waals surface area (Å²) in [5.74, 6) is -0.547. The van der Waals surface area contributed by atoms with Gasteiger partial charge in [0.1, 0.15) is 24.4 Å². The molecule has 0 aromatic rings. The first-order valence-corrected chi connectivity index (χ1v) is 21.5. The fraction of sp³-hybridized carbons (Fsp3) is 0.951. The number of hydrogen-bond acceptors (Lipinski definition) is 8. The van der Waals surface area contributed by atoms with Gasteiger partial charge in [0.05, 0.1) is 19.8 Å². The minimum Gasteiger partial charge on any atom is -0.449 e. The number of rotatable bonds is 34. The number of unbranched alkanes of at least 4 members (excludes halogenated alkanes) is 26.